The molecule has 8 nitrogen and oxygen atoms in total. The predicted octanol–water partition coefficient (Wildman–Crippen LogP) is 0.806. The number of carbonyl (C=O) groups excluding carboxylic acids is 1. The molecule has 0 saturated carbocycles. The van der Waals surface area contributed by atoms with Crippen molar-refractivity contribution < 1.29 is 9.90 Å². The molecule has 0 atom stereocenters. The Morgan fingerprint density at radius 1 is 1.43 bits per heavy atom. The fourth-order valence-electron chi connectivity index (χ4n) is 2.76. The number of hydrogen-bond donors (Lipinski definition) is 3. The standard InChI is InChI=1S/C20H22N6O2/c1-4-25(3)18-8-13(2)14(6-5-7-21)9-17(18)24-20(28)16-11-23-26-12-15(27)10-22-19(16)26/h5-12,27H,2,4,21H2,1,3H3,(H,24,28)/b7-5-,14-6-. The lowest BCUT2D eigenvalue weighted by Crippen LogP contribution is -2.28. The van der Waals surface area contributed by atoms with Gasteiger partial charge < -0.3 is 21.1 Å². The molecule has 3 aromatic rings. The maximum absolute atomic E-state index is 12.9. The van der Waals surface area contributed by atoms with Crippen LogP contribution < -0.4 is 26.4 Å². The zero-order valence-corrected chi connectivity index (χ0v) is 15.8. The molecule has 2 aromatic heterocycles. The van der Waals surface area contributed by atoms with Crippen molar-refractivity contribution in [1.82, 2.24) is 14.6 Å². The van der Waals surface area contributed by atoms with Gasteiger partial charge in [0.25, 0.3) is 5.91 Å². The van der Waals surface area contributed by atoms with Gasteiger partial charge in [0, 0.05) is 13.6 Å². The van der Waals surface area contributed by atoms with Gasteiger partial charge in [0.05, 0.1) is 30.0 Å². The first-order valence-electron chi connectivity index (χ1n) is 8.71. The van der Waals surface area contributed by atoms with Crippen LogP contribution in [-0.2, 0) is 0 Å². The molecule has 0 aliphatic carbocycles. The number of hydrogen-bond acceptors (Lipinski definition) is 6. The molecule has 0 saturated heterocycles. The first-order valence-corrected chi connectivity index (χ1v) is 8.71. The third-order valence-electron chi connectivity index (χ3n) is 4.37. The van der Waals surface area contributed by atoms with Gasteiger partial charge in [-0.05, 0) is 41.8 Å². The molecule has 0 bridgehead atoms. The van der Waals surface area contributed by atoms with Gasteiger partial charge in [0.2, 0.25) is 0 Å². The molecule has 2 heterocycles. The van der Waals surface area contributed by atoms with E-state index >= 15 is 0 Å². The Labute approximate surface area is 161 Å². The topological polar surface area (TPSA) is 109 Å². The summed E-state index contributed by atoms with van der Waals surface area (Å²) in [6.07, 6.45) is 9.05. The molecule has 0 radical (unpaired) electrons. The number of benzene rings is 1. The number of aromatic hydroxyl groups is 1. The van der Waals surface area contributed by atoms with Gasteiger partial charge in [0.1, 0.15) is 5.56 Å². The Kier molecular flexibility index (Phi) is 5.30. The number of carbonyl (C=O) groups is 1. The smallest absolute Gasteiger partial charge is 0.261 e. The van der Waals surface area contributed by atoms with Gasteiger partial charge in [-0.2, -0.15) is 5.10 Å². The van der Waals surface area contributed by atoms with Crippen molar-refractivity contribution >= 4 is 35.6 Å². The zero-order chi connectivity index (χ0) is 20.3. The van der Waals surface area contributed by atoms with Gasteiger partial charge >= 0.3 is 0 Å². The molecule has 8 heteroatoms. The minimum Gasteiger partial charge on any atom is -0.505 e. The second-order valence-corrected chi connectivity index (χ2v) is 6.23. The van der Waals surface area contributed by atoms with Gasteiger partial charge in [-0.15, -0.1) is 0 Å². The lowest BCUT2D eigenvalue weighted by molar-refractivity contribution is 0.102. The van der Waals surface area contributed by atoms with Crippen molar-refractivity contribution in [3.63, 3.8) is 0 Å². The fourth-order valence-corrected chi connectivity index (χ4v) is 2.76. The van der Waals surface area contributed by atoms with Gasteiger partial charge in [0.15, 0.2) is 11.4 Å². The van der Waals surface area contributed by atoms with E-state index in [1.165, 1.54) is 29.3 Å². The van der Waals surface area contributed by atoms with Crippen LogP contribution >= 0.6 is 0 Å². The van der Waals surface area contributed by atoms with Crippen molar-refractivity contribution in [3.05, 3.63) is 59.0 Å². The van der Waals surface area contributed by atoms with Gasteiger partial charge in [-0.3, -0.25) is 4.79 Å². The zero-order valence-electron chi connectivity index (χ0n) is 15.8. The van der Waals surface area contributed by atoms with E-state index in [1.807, 2.05) is 37.1 Å². The molecule has 4 N–H and O–H groups in total. The molecular weight excluding hydrogens is 356 g/mol. The summed E-state index contributed by atoms with van der Waals surface area (Å²) >= 11 is 0. The fraction of sp³-hybridized carbons (Fsp3) is 0.150. The van der Waals surface area contributed by atoms with Gasteiger partial charge in [-0.1, -0.05) is 12.7 Å². The quantitative estimate of drug-likeness (QED) is 0.606. The van der Waals surface area contributed by atoms with E-state index in [2.05, 4.69) is 22.0 Å². The minimum absolute atomic E-state index is 0.0337. The summed E-state index contributed by atoms with van der Waals surface area (Å²) in [7, 11) is 1.94. The van der Waals surface area contributed by atoms with Crippen LogP contribution in [0.15, 0.2) is 43.0 Å². The lowest BCUT2D eigenvalue weighted by Gasteiger charge is -2.21. The highest BCUT2D eigenvalue weighted by atomic mass is 16.3. The number of anilines is 2. The third kappa shape index (κ3) is 3.66. The summed E-state index contributed by atoms with van der Waals surface area (Å²) in [5.41, 5.74) is 7.56. The van der Waals surface area contributed by atoms with Crippen molar-refractivity contribution in [2.75, 3.05) is 23.8 Å². The molecule has 1 amide bonds. The van der Waals surface area contributed by atoms with E-state index in [0.29, 0.717) is 16.9 Å². The molecule has 0 aliphatic rings. The molecule has 1 aromatic carbocycles. The first kappa shape index (κ1) is 19.0. The van der Waals surface area contributed by atoms with E-state index < -0.39 is 0 Å². The monoisotopic (exact) mass is 378 g/mol. The second kappa shape index (κ2) is 7.83. The van der Waals surface area contributed by atoms with E-state index in [0.717, 1.165) is 22.7 Å². The van der Waals surface area contributed by atoms with E-state index in [-0.39, 0.29) is 11.7 Å². The molecule has 0 fully saturated rings. The maximum Gasteiger partial charge on any atom is 0.261 e. The van der Waals surface area contributed by atoms with Crippen LogP contribution in [-0.4, -0.2) is 39.2 Å². The predicted molar refractivity (Wildman–Crippen MR) is 111 cm³/mol. The van der Waals surface area contributed by atoms with Crippen LogP contribution in [0.3, 0.4) is 0 Å². The Hall–Kier alpha value is -3.81. The maximum atomic E-state index is 12.9. The Morgan fingerprint density at radius 2 is 2.21 bits per heavy atom. The number of allylic oxidation sites excluding steroid dienone is 1. The van der Waals surface area contributed by atoms with Crippen LogP contribution in [0.5, 0.6) is 5.75 Å². The van der Waals surface area contributed by atoms with Crippen LogP contribution in [0, 0.1) is 0 Å². The molecule has 0 aliphatic heterocycles. The van der Waals surface area contributed by atoms with Crippen LogP contribution in [0.2, 0.25) is 0 Å². The SMILES string of the molecule is C=c1cc(N(C)CC)c(NC(=O)c2cnn3cc(O)cnc23)c/c1=C/C=C\N. The number of aromatic nitrogens is 3. The van der Waals surface area contributed by atoms with Crippen LogP contribution in [0.1, 0.15) is 17.3 Å². The van der Waals surface area contributed by atoms with Crippen molar-refractivity contribution in [2.24, 2.45) is 5.73 Å². The Bertz CT molecular complexity index is 1170. The molecule has 28 heavy (non-hydrogen) atoms. The van der Waals surface area contributed by atoms with Crippen molar-refractivity contribution in [2.45, 2.75) is 6.92 Å². The third-order valence-corrected chi connectivity index (χ3v) is 4.37. The first-order chi connectivity index (χ1) is 13.4. The summed E-state index contributed by atoms with van der Waals surface area (Å²) in [4.78, 5) is 19.0. The lowest BCUT2D eigenvalue weighted by atomic mass is 10.1. The summed E-state index contributed by atoms with van der Waals surface area (Å²) in [6, 6.07) is 3.77. The number of fused-ring (bicyclic) bond motifs is 1. The van der Waals surface area contributed by atoms with Gasteiger partial charge in [-0.25, -0.2) is 9.50 Å². The van der Waals surface area contributed by atoms with E-state index in [1.54, 1.807) is 6.08 Å². The average Bonchev–Trinajstić information content (AvgIpc) is 3.10. The number of nitrogens with zero attached hydrogens (tertiary/aromatic N) is 4. The van der Waals surface area contributed by atoms with Crippen LogP contribution in [0.4, 0.5) is 11.4 Å². The highest BCUT2D eigenvalue weighted by Crippen LogP contribution is 2.23. The summed E-state index contributed by atoms with van der Waals surface area (Å²) < 4.78 is 1.35. The average molecular weight is 378 g/mol. The summed E-state index contributed by atoms with van der Waals surface area (Å²) in [6.45, 7) is 6.85. The van der Waals surface area contributed by atoms with Crippen LogP contribution in [0.25, 0.3) is 18.3 Å². The minimum atomic E-state index is -0.351. The number of amides is 1. The van der Waals surface area contributed by atoms with Crippen molar-refractivity contribution in [3.8, 4) is 5.75 Å². The molecule has 0 unspecified atom stereocenters. The normalized spacial score (nSPS) is 12.0. The molecular formula is C20H22N6O2. The Balaban J connectivity index is 2.06. The van der Waals surface area contributed by atoms with E-state index in [4.69, 9.17) is 5.73 Å². The summed E-state index contributed by atoms with van der Waals surface area (Å²) in [5, 5.41) is 18.2. The largest absolute Gasteiger partial charge is 0.505 e. The molecule has 0 spiro atoms. The second-order valence-electron chi connectivity index (χ2n) is 6.23. The molecule has 3 rings (SSSR count). The number of rotatable bonds is 5. The Morgan fingerprint density at radius 3 is 2.93 bits per heavy atom. The molecule has 144 valence electrons. The summed E-state index contributed by atoms with van der Waals surface area (Å²) in [5.74, 6) is -0.385. The highest BCUT2D eigenvalue weighted by Gasteiger charge is 2.17. The van der Waals surface area contributed by atoms with Crippen molar-refractivity contribution in [1.29, 1.82) is 0 Å². The van der Waals surface area contributed by atoms with E-state index in [9.17, 15) is 9.90 Å². The highest BCUT2D eigenvalue weighted by molar-refractivity contribution is 6.09. The number of nitrogens with one attached hydrogen (secondary N) is 1. The number of nitrogens with two attached hydrogens (primary N) is 1.